The third-order valence-corrected chi connectivity index (χ3v) is 4.23. The van der Waals surface area contributed by atoms with Crippen LogP contribution in [0.15, 0.2) is 36.5 Å². The molecule has 1 amide bonds. The summed E-state index contributed by atoms with van der Waals surface area (Å²) in [5.74, 6) is -0.594. The first kappa shape index (κ1) is 17.7. The Hall–Kier alpha value is -3.15. The predicted octanol–water partition coefficient (Wildman–Crippen LogP) is 1.67. The molecule has 2 heterocycles. The molecule has 3 aromatic rings. The number of nitrogens with two attached hydrogens (primary N) is 1. The van der Waals surface area contributed by atoms with Crippen LogP contribution in [0, 0.1) is 11.3 Å². The Balaban J connectivity index is 1.81. The summed E-state index contributed by atoms with van der Waals surface area (Å²) >= 11 is 6.06. The van der Waals surface area contributed by atoms with Crippen molar-refractivity contribution in [1.82, 2.24) is 20.0 Å². The van der Waals surface area contributed by atoms with Crippen molar-refractivity contribution in [3.05, 3.63) is 58.5 Å². The molecule has 0 aliphatic rings. The van der Waals surface area contributed by atoms with E-state index in [1.54, 1.807) is 41.2 Å². The number of aromatic nitrogens is 4. The molecule has 4 N–H and O–H groups in total. The lowest BCUT2D eigenvalue weighted by atomic mass is 10.1. The number of aliphatic hydroxyl groups is 1. The second-order valence-electron chi connectivity index (χ2n) is 5.67. The van der Waals surface area contributed by atoms with Crippen LogP contribution in [-0.2, 0) is 6.42 Å². The highest BCUT2D eigenvalue weighted by Gasteiger charge is 2.16. The zero-order chi connectivity index (χ0) is 18.7. The third-order valence-electron chi connectivity index (χ3n) is 3.92. The van der Waals surface area contributed by atoms with Crippen LogP contribution in [0.5, 0.6) is 0 Å². The third kappa shape index (κ3) is 3.59. The molecule has 0 radical (unpaired) electrons. The van der Waals surface area contributed by atoms with Gasteiger partial charge in [0.15, 0.2) is 0 Å². The smallest absolute Gasteiger partial charge is 0.266 e. The lowest BCUT2D eigenvalue weighted by Gasteiger charge is -2.13. The van der Waals surface area contributed by atoms with Crippen LogP contribution < -0.4 is 5.73 Å². The zero-order valence-corrected chi connectivity index (χ0v) is 14.3. The van der Waals surface area contributed by atoms with Crippen LogP contribution in [0.1, 0.15) is 27.8 Å². The SMILES string of the molecule is N#Cc1ccc(-c2ccn(C(CO)Cc3cc(C(N)=O)[nH]n3)n2)cc1Cl. The fourth-order valence-corrected chi connectivity index (χ4v) is 2.76. The van der Waals surface area contributed by atoms with Crippen LogP contribution in [-0.4, -0.2) is 37.6 Å². The second-order valence-corrected chi connectivity index (χ2v) is 6.07. The summed E-state index contributed by atoms with van der Waals surface area (Å²) < 4.78 is 1.63. The van der Waals surface area contributed by atoms with Crippen molar-refractivity contribution in [3.63, 3.8) is 0 Å². The number of carbonyl (C=O) groups is 1. The molecule has 9 heteroatoms. The van der Waals surface area contributed by atoms with E-state index in [1.807, 2.05) is 6.07 Å². The van der Waals surface area contributed by atoms with Crippen molar-refractivity contribution in [1.29, 1.82) is 5.26 Å². The summed E-state index contributed by atoms with van der Waals surface area (Å²) in [4.78, 5) is 11.1. The lowest BCUT2D eigenvalue weighted by Crippen LogP contribution is -2.17. The van der Waals surface area contributed by atoms with Gasteiger partial charge >= 0.3 is 0 Å². The Morgan fingerprint density at radius 1 is 1.42 bits per heavy atom. The maximum atomic E-state index is 11.1. The monoisotopic (exact) mass is 370 g/mol. The number of nitrogens with zero attached hydrogens (tertiary/aromatic N) is 4. The van der Waals surface area contributed by atoms with Gasteiger partial charge in [-0.05, 0) is 24.3 Å². The maximum Gasteiger partial charge on any atom is 0.266 e. The van der Waals surface area contributed by atoms with E-state index in [9.17, 15) is 9.90 Å². The molecule has 8 nitrogen and oxygen atoms in total. The van der Waals surface area contributed by atoms with E-state index in [4.69, 9.17) is 22.6 Å². The molecule has 0 saturated carbocycles. The van der Waals surface area contributed by atoms with Gasteiger partial charge in [0.2, 0.25) is 0 Å². The maximum absolute atomic E-state index is 11.1. The minimum atomic E-state index is -0.594. The number of nitrogens with one attached hydrogen (secondary N) is 1. The predicted molar refractivity (Wildman–Crippen MR) is 94.3 cm³/mol. The van der Waals surface area contributed by atoms with Crippen molar-refractivity contribution >= 4 is 17.5 Å². The van der Waals surface area contributed by atoms with Crippen LogP contribution in [0.3, 0.4) is 0 Å². The van der Waals surface area contributed by atoms with Gasteiger partial charge in [0, 0.05) is 18.2 Å². The number of H-pyrrole nitrogens is 1. The number of rotatable bonds is 6. The first-order chi connectivity index (χ1) is 12.5. The first-order valence-corrected chi connectivity index (χ1v) is 8.09. The molecule has 0 fully saturated rings. The molecular formula is C17H15ClN6O2. The summed E-state index contributed by atoms with van der Waals surface area (Å²) in [6.45, 7) is -0.159. The molecule has 1 aromatic carbocycles. The number of hydrogen-bond acceptors (Lipinski definition) is 5. The van der Waals surface area contributed by atoms with Gasteiger partial charge in [-0.2, -0.15) is 15.5 Å². The minimum Gasteiger partial charge on any atom is -0.394 e. The molecule has 132 valence electrons. The number of nitriles is 1. The number of hydrogen-bond donors (Lipinski definition) is 3. The highest BCUT2D eigenvalue weighted by atomic mass is 35.5. The summed E-state index contributed by atoms with van der Waals surface area (Å²) in [5, 5.41) is 30.1. The van der Waals surface area contributed by atoms with Crippen LogP contribution >= 0.6 is 11.6 Å². The fraction of sp³-hybridized carbons (Fsp3) is 0.176. The van der Waals surface area contributed by atoms with Crippen molar-refractivity contribution < 1.29 is 9.90 Å². The van der Waals surface area contributed by atoms with Crippen LogP contribution in [0.4, 0.5) is 0 Å². The van der Waals surface area contributed by atoms with E-state index in [-0.39, 0.29) is 18.3 Å². The molecule has 0 bridgehead atoms. The number of aromatic amines is 1. The summed E-state index contributed by atoms with van der Waals surface area (Å²) in [6.07, 6.45) is 2.11. The van der Waals surface area contributed by atoms with E-state index >= 15 is 0 Å². The molecule has 0 aliphatic carbocycles. The highest BCUT2D eigenvalue weighted by molar-refractivity contribution is 6.32. The molecule has 1 atom stereocenters. The molecular weight excluding hydrogens is 356 g/mol. The topological polar surface area (TPSA) is 134 Å². The highest BCUT2D eigenvalue weighted by Crippen LogP contribution is 2.25. The lowest BCUT2D eigenvalue weighted by molar-refractivity contribution is 0.0995. The van der Waals surface area contributed by atoms with E-state index in [0.717, 1.165) is 5.56 Å². The van der Waals surface area contributed by atoms with Gasteiger partial charge in [-0.1, -0.05) is 17.7 Å². The molecule has 3 rings (SSSR count). The van der Waals surface area contributed by atoms with Gasteiger partial charge in [-0.25, -0.2) is 0 Å². The van der Waals surface area contributed by atoms with Gasteiger partial charge in [-0.15, -0.1) is 0 Å². The Labute approximate surface area is 153 Å². The normalized spacial score (nSPS) is 11.9. The van der Waals surface area contributed by atoms with Crippen molar-refractivity contribution in [2.45, 2.75) is 12.5 Å². The number of benzene rings is 1. The van der Waals surface area contributed by atoms with E-state index in [2.05, 4.69) is 15.3 Å². The molecule has 2 aromatic heterocycles. The Bertz CT molecular complexity index is 987. The molecule has 26 heavy (non-hydrogen) atoms. The number of amides is 1. The van der Waals surface area contributed by atoms with Crippen LogP contribution in [0.2, 0.25) is 5.02 Å². The van der Waals surface area contributed by atoms with Crippen LogP contribution in [0.25, 0.3) is 11.3 Å². The fourth-order valence-electron chi connectivity index (χ4n) is 2.54. The zero-order valence-electron chi connectivity index (χ0n) is 13.6. The number of carbonyl (C=O) groups excluding carboxylic acids is 1. The van der Waals surface area contributed by atoms with E-state index in [1.165, 1.54) is 0 Å². The summed E-state index contributed by atoms with van der Waals surface area (Å²) in [6, 6.07) is 10.1. The molecule has 0 saturated heterocycles. The van der Waals surface area contributed by atoms with Crippen molar-refractivity contribution in [2.24, 2.45) is 5.73 Å². The molecule has 1 unspecified atom stereocenters. The van der Waals surface area contributed by atoms with Crippen molar-refractivity contribution in [2.75, 3.05) is 6.61 Å². The summed E-state index contributed by atoms with van der Waals surface area (Å²) in [7, 11) is 0. The van der Waals surface area contributed by atoms with Crippen molar-refractivity contribution in [3.8, 4) is 17.3 Å². The Morgan fingerprint density at radius 2 is 2.23 bits per heavy atom. The minimum absolute atomic E-state index is 0.159. The largest absolute Gasteiger partial charge is 0.394 e. The number of halogens is 1. The standard InChI is InChI=1S/C17H15ClN6O2/c18-14-5-10(1-2-11(14)8-19)15-3-4-24(23-15)13(9-25)6-12-7-16(17(20)26)22-21-12/h1-5,7,13,25H,6,9H2,(H2,20,26)(H,21,22). The van der Waals surface area contributed by atoms with Gasteiger partial charge in [0.25, 0.3) is 5.91 Å². The summed E-state index contributed by atoms with van der Waals surface area (Å²) in [5.41, 5.74) is 7.82. The first-order valence-electron chi connectivity index (χ1n) is 7.72. The van der Waals surface area contributed by atoms with Gasteiger partial charge in [-0.3, -0.25) is 14.6 Å². The number of aliphatic hydroxyl groups excluding tert-OH is 1. The molecule has 0 aliphatic heterocycles. The quantitative estimate of drug-likeness (QED) is 0.606. The molecule has 0 spiro atoms. The Morgan fingerprint density at radius 3 is 2.85 bits per heavy atom. The second kappa shape index (κ2) is 7.39. The van der Waals surface area contributed by atoms with Gasteiger partial charge in [0.1, 0.15) is 11.8 Å². The van der Waals surface area contributed by atoms with Gasteiger partial charge in [0.05, 0.1) is 34.6 Å². The number of primary amides is 1. The van der Waals surface area contributed by atoms with E-state index < -0.39 is 5.91 Å². The van der Waals surface area contributed by atoms with Gasteiger partial charge < -0.3 is 10.8 Å². The average molecular weight is 371 g/mol. The average Bonchev–Trinajstić information content (AvgIpc) is 3.29. The Kier molecular flexibility index (Phi) is 5.02. The van der Waals surface area contributed by atoms with E-state index in [0.29, 0.717) is 28.4 Å².